The lowest BCUT2D eigenvalue weighted by Crippen LogP contribution is -2.61. The Labute approximate surface area is 443 Å². The fraction of sp³-hybridized carbons (Fsp3) is 0. The largest absolute Gasteiger partial charge is 0.508 e. The number of hydrogen-bond acceptors (Lipinski definition) is 9. The van der Waals surface area contributed by atoms with Crippen molar-refractivity contribution in [3.63, 3.8) is 0 Å². The SMILES string of the molecule is N#Cc1ccc2c(c1)B1c3cc(C#N)ccc3N(c3ccccc3)c3cc(-c4ccc5c(c4)c4ccc(O)cc4n5-c4ccc(C#N)cc4-c4nc(-c5ccccc5)nc(-c5ccccc5)n4)cc(c31)N2c1ccccc1. The third-order valence-corrected chi connectivity index (χ3v) is 14.7. The van der Waals surface area contributed by atoms with Crippen LogP contribution in [0.25, 0.3) is 72.8 Å². The maximum atomic E-state index is 11.3. The van der Waals surface area contributed by atoms with Crippen molar-refractivity contribution in [3.8, 4) is 74.9 Å². The van der Waals surface area contributed by atoms with Crippen LogP contribution in [-0.2, 0) is 0 Å². The number of rotatable bonds is 7. The van der Waals surface area contributed by atoms with Gasteiger partial charge in [0.2, 0.25) is 0 Å². The first-order valence-corrected chi connectivity index (χ1v) is 25.1. The third-order valence-electron chi connectivity index (χ3n) is 14.7. The number of hydrogen-bond donors (Lipinski definition) is 1. The highest BCUT2D eigenvalue weighted by atomic mass is 16.3. The number of phenols is 1. The second-order valence-electron chi connectivity index (χ2n) is 19.1. The summed E-state index contributed by atoms with van der Waals surface area (Å²) in [6.07, 6.45) is 0. The highest BCUT2D eigenvalue weighted by Gasteiger charge is 2.44. The van der Waals surface area contributed by atoms with Crippen molar-refractivity contribution in [2.75, 3.05) is 9.80 Å². The molecule has 356 valence electrons. The molecule has 0 saturated carbocycles. The smallest absolute Gasteiger partial charge is 0.252 e. The van der Waals surface area contributed by atoms with Crippen LogP contribution >= 0.6 is 0 Å². The Bertz CT molecular complexity index is 4340. The number of anilines is 6. The van der Waals surface area contributed by atoms with Gasteiger partial charge in [0.15, 0.2) is 17.5 Å². The van der Waals surface area contributed by atoms with E-state index in [0.717, 1.165) is 94.6 Å². The van der Waals surface area contributed by atoms with E-state index in [1.54, 1.807) is 18.2 Å². The molecule has 4 heterocycles. The van der Waals surface area contributed by atoms with Gasteiger partial charge in [-0.2, -0.15) is 15.8 Å². The molecule has 0 bridgehead atoms. The van der Waals surface area contributed by atoms with Crippen LogP contribution < -0.4 is 26.2 Å². The summed E-state index contributed by atoms with van der Waals surface area (Å²) in [6.45, 7) is -0.313. The lowest BCUT2D eigenvalue weighted by atomic mass is 9.33. The second kappa shape index (κ2) is 17.9. The minimum absolute atomic E-state index is 0.101. The number of aromatic nitrogens is 4. The topological polar surface area (TPSA) is 142 Å². The number of fused-ring (bicyclic) bond motifs is 7. The van der Waals surface area contributed by atoms with E-state index >= 15 is 0 Å². The van der Waals surface area contributed by atoms with Crippen molar-refractivity contribution in [1.29, 1.82) is 15.8 Å². The van der Waals surface area contributed by atoms with Gasteiger partial charge in [-0.3, -0.25) is 0 Å². The Balaban J connectivity index is 1.02. The van der Waals surface area contributed by atoms with Gasteiger partial charge in [-0.1, -0.05) is 103 Å². The summed E-state index contributed by atoms with van der Waals surface area (Å²) >= 11 is 0. The average molecular weight is 984 g/mol. The van der Waals surface area contributed by atoms with Gasteiger partial charge in [0.25, 0.3) is 6.71 Å². The fourth-order valence-corrected chi connectivity index (χ4v) is 11.4. The number of nitrogens with zero attached hydrogens (tertiary/aromatic N) is 9. The molecule has 0 amide bonds. The summed E-state index contributed by atoms with van der Waals surface area (Å²) in [5.74, 6) is 1.47. The van der Waals surface area contributed by atoms with Crippen molar-refractivity contribution in [3.05, 3.63) is 241 Å². The monoisotopic (exact) mass is 983 g/mol. The highest BCUT2D eigenvalue weighted by molar-refractivity contribution is 7.00. The van der Waals surface area contributed by atoms with E-state index in [2.05, 4.69) is 87.2 Å². The molecule has 2 aliphatic heterocycles. The molecule has 12 aromatic rings. The van der Waals surface area contributed by atoms with Crippen molar-refractivity contribution < 1.29 is 5.11 Å². The van der Waals surface area contributed by atoms with E-state index in [-0.39, 0.29) is 12.5 Å². The first-order chi connectivity index (χ1) is 37.9. The molecule has 11 heteroatoms. The number of para-hydroxylation sites is 2. The van der Waals surface area contributed by atoms with Crippen molar-refractivity contribution in [2.24, 2.45) is 0 Å². The molecular formula is C66H38BN9O. The number of nitriles is 3. The van der Waals surface area contributed by atoms with Gasteiger partial charge in [-0.25, -0.2) is 15.0 Å². The zero-order valence-corrected chi connectivity index (χ0v) is 40.9. The molecule has 2 aliphatic rings. The minimum atomic E-state index is -0.313. The van der Waals surface area contributed by atoms with E-state index in [1.165, 1.54) is 0 Å². The van der Waals surface area contributed by atoms with Gasteiger partial charge < -0.3 is 19.5 Å². The predicted molar refractivity (Wildman–Crippen MR) is 306 cm³/mol. The predicted octanol–water partition coefficient (Wildman–Crippen LogP) is 13.0. The number of phenolic OH excluding ortho intramolecular Hbond substituents is 1. The van der Waals surface area contributed by atoms with Crippen LogP contribution in [0.3, 0.4) is 0 Å². The second-order valence-corrected chi connectivity index (χ2v) is 19.1. The van der Waals surface area contributed by atoms with Gasteiger partial charge in [0.1, 0.15) is 5.75 Å². The summed E-state index contributed by atoms with van der Waals surface area (Å²) in [4.78, 5) is 19.8. The molecule has 0 fully saturated rings. The molecule has 0 spiro atoms. The van der Waals surface area contributed by atoms with E-state index < -0.39 is 0 Å². The van der Waals surface area contributed by atoms with E-state index in [0.29, 0.717) is 45.4 Å². The quantitative estimate of drug-likeness (QED) is 0.154. The van der Waals surface area contributed by atoms with Crippen LogP contribution in [0.2, 0.25) is 0 Å². The molecule has 0 saturated heterocycles. The maximum Gasteiger partial charge on any atom is 0.252 e. The molecule has 77 heavy (non-hydrogen) atoms. The van der Waals surface area contributed by atoms with Gasteiger partial charge in [-0.05, 0) is 143 Å². The van der Waals surface area contributed by atoms with E-state index in [4.69, 9.17) is 15.0 Å². The fourth-order valence-electron chi connectivity index (χ4n) is 11.4. The Hall–Kier alpha value is -11.1. The van der Waals surface area contributed by atoms with Crippen LogP contribution in [0.4, 0.5) is 34.1 Å². The summed E-state index contributed by atoms with van der Waals surface area (Å²) in [7, 11) is 0. The zero-order valence-electron chi connectivity index (χ0n) is 40.9. The van der Waals surface area contributed by atoms with Gasteiger partial charge in [0, 0.05) is 67.7 Å². The Morgan fingerprint density at radius 3 is 1.40 bits per heavy atom. The number of aromatic hydroxyl groups is 1. The Morgan fingerprint density at radius 1 is 0.377 bits per heavy atom. The number of benzene rings is 10. The van der Waals surface area contributed by atoms with Crippen LogP contribution in [0, 0.1) is 34.0 Å². The first-order valence-electron chi connectivity index (χ1n) is 25.1. The van der Waals surface area contributed by atoms with Crippen LogP contribution in [0.1, 0.15) is 16.7 Å². The lowest BCUT2D eigenvalue weighted by molar-refractivity contribution is 0.476. The standard InChI is InChI=1S/C66H38BN9O/c68-38-41-21-27-57(53(31-41)66-72-64(44-13-5-1-6-14-44)71-65(73-66)45-15-7-2-8-16-45)76-56-30-24-46(34-52(56)51-26-25-50(77)37-60(51)76)47-35-61-63-62(36-47)75(49-19-11-4-12-20-49)59-29-23-43(40-70)33-55(59)67(63)54-32-42(39-69)22-28-58(54)74(61)48-17-9-3-10-18-48/h1-37,77H. The molecule has 1 N–H and O–H groups in total. The van der Waals surface area contributed by atoms with Crippen LogP contribution in [0.15, 0.2) is 224 Å². The van der Waals surface area contributed by atoms with Crippen LogP contribution in [-0.4, -0.2) is 31.3 Å². The van der Waals surface area contributed by atoms with Crippen molar-refractivity contribution in [2.45, 2.75) is 0 Å². The maximum absolute atomic E-state index is 11.3. The summed E-state index contributed by atoms with van der Waals surface area (Å²) < 4.78 is 2.12. The third kappa shape index (κ3) is 7.28. The molecule has 10 nitrogen and oxygen atoms in total. The molecule has 0 unspecified atom stereocenters. The Morgan fingerprint density at radius 2 is 0.870 bits per heavy atom. The average Bonchev–Trinajstić information content (AvgIpc) is 3.98. The molecular weight excluding hydrogens is 946 g/mol. The molecule has 0 atom stereocenters. The molecule has 14 rings (SSSR count). The van der Waals surface area contributed by atoms with E-state index in [1.807, 2.05) is 152 Å². The molecule has 0 radical (unpaired) electrons. The van der Waals surface area contributed by atoms with E-state index in [9.17, 15) is 20.9 Å². The zero-order chi connectivity index (χ0) is 51.7. The molecule has 2 aromatic heterocycles. The summed E-state index contributed by atoms with van der Waals surface area (Å²) in [6, 6.07) is 81.2. The Kier molecular flexibility index (Phi) is 10.4. The summed E-state index contributed by atoms with van der Waals surface area (Å²) in [5.41, 5.74) is 16.8. The molecule has 10 aromatic carbocycles. The van der Waals surface area contributed by atoms with Crippen LogP contribution in [0.5, 0.6) is 5.75 Å². The van der Waals surface area contributed by atoms with Crippen molar-refractivity contribution >= 4 is 79.0 Å². The summed E-state index contributed by atoms with van der Waals surface area (Å²) in [5, 5.41) is 44.1. The van der Waals surface area contributed by atoms with Gasteiger partial charge in [0.05, 0.1) is 51.6 Å². The minimum Gasteiger partial charge on any atom is -0.508 e. The van der Waals surface area contributed by atoms with Gasteiger partial charge in [-0.15, -0.1) is 0 Å². The molecule has 0 aliphatic carbocycles. The normalized spacial score (nSPS) is 12.1. The highest BCUT2D eigenvalue weighted by Crippen LogP contribution is 2.47. The first kappa shape index (κ1) is 44.6. The van der Waals surface area contributed by atoms with Crippen molar-refractivity contribution in [1.82, 2.24) is 19.5 Å². The van der Waals surface area contributed by atoms with Gasteiger partial charge >= 0.3 is 0 Å². The lowest BCUT2D eigenvalue weighted by Gasteiger charge is -2.44.